The van der Waals surface area contributed by atoms with Crippen LogP contribution in [0.2, 0.25) is 0 Å². The second-order valence-electron chi connectivity index (χ2n) is 4.04. The van der Waals surface area contributed by atoms with Gasteiger partial charge in [-0.15, -0.1) is 0 Å². The molecule has 6 N–H and O–H groups in total. The molecule has 0 fully saturated rings. The van der Waals surface area contributed by atoms with Gasteiger partial charge in [0.05, 0.1) is 17.7 Å². The van der Waals surface area contributed by atoms with E-state index in [0.29, 0.717) is 0 Å². The molecule has 0 unspecified atom stereocenters. The van der Waals surface area contributed by atoms with Crippen molar-refractivity contribution in [3.05, 3.63) is 0 Å². The fourth-order valence-corrected chi connectivity index (χ4v) is 3.85. The third-order valence-electron chi connectivity index (χ3n) is 1.86. The molecule has 21 heavy (non-hydrogen) atoms. The Balaban J connectivity index is 0. The summed E-state index contributed by atoms with van der Waals surface area (Å²) in [5, 5.41) is 16.4. The van der Waals surface area contributed by atoms with Crippen molar-refractivity contribution in [2.75, 3.05) is 23.0 Å². The largest absolute Gasteiger partial charge is 0.480 e. The maximum absolute atomic E-state index is 11.0. The molecule has 0 radical (unpaired) electrons. The Morgan fingerprint density at radius 1 is 0.905 bits per heavy atom. The van der Waals surface area contributed by atoms with Crippen LogP contribution in [0.1, 0.15) is 13.3 Å². The van der Waals surface area contributed by atoms with Gasteiger partial charge in [0, 0.05) is 0 Å². The minimum absolute atomic E-state index is 0.116. The van der Waals surface area contributed by atoms with Gasteiger partial charge in [0.1, 0.15) is 11.5 Å². The molecular formula is C9H20N2O8S2. The zero-order valence-corrected chi connectivity index (χ0v) is 13.1. The van der Waals surface area contributed by atoms with Crippen LogP contribution in [0.4, 0.5) is 0 Å². The van der Waals surface area contributed by atoms with E-state index in [1.54, 1.807) is 0 Å². The Morgan fingerprint density at radius 3 is 1.29 bits per heavy atom. The lowest BCUT2D eigenvalue weighted by Crippen LogP contribution is -2.28. The Kier molecular flexibility index (Phi) is 10.1. The molecule has 0 amide bonds. The van der Waals surface area contributed by atoms with Gasteiger partial charge in [-0.1, -0.05) is 6.92 Å². The van der Waals surface area contributed by atoms with E-state index in [9.17, 15) is 26.4 Å². The van der Waals surface area contributed by atoms with Crippen molar-refractivity contribution in [3.8, 4) is 0 Å². The number of sulfone groups is 2. The highest BCUT2D eigenvalue weighted by atomic mass is 32.2. The summed E-state index contributed by atoms with van der Waals surface area (Å²) in [5.74, 6) is -7.30. The number of carboxylic acids is 2. The number of rotatable bonds is 8. The van der Waals surface area contributed by atoms with E-state index in [-0.39, 0.29) is 6.17 Å². The van der Waals surface area contributed by atoms with E-state index in [4.69, 9.17) is 21.7 Å². The molecular weight excluding hydrogens is 328 g/mol. The SMILES string of the molecule is CCC(N)N.O=C(O)CS(=O)(=O)CCS(=O)(=O)CC(=O)O. The predicted molar refractivity (Wildman–Crippen MR) is 75.0 cm³/mol. The highest BCUT2D eigenvalue weighted by molar-refractivity contribution is 7.95. The van der Waals surface area contributed by atoms with Gasteiger partial charge in [0.2, 0.25) is 0 Å². The Morgan fingerprint density at radius 2 is 1.14 bits per heavy atom. The monoisotopic (exact) mass is 348 g/mol. The van der Waals surface area contributed by atoms with Gasteiger partial charge in [0.25, 0.3) is 0 Å². The molecule has 0 rings (SSSR count). The summed E-state index contributed by atoms with van der Waals surface area (Å²) < 4.78 is 43.9. The van der Waals surface area contributed by atoms with E-state index in [1.807, 2.05) is 6.92 Å². The van der Waals surface area contributed by atoms with E-state index in [1.165, 1.54) is 0 Å². The Labute approximate surface area is 123 Å². The van der Waals surface area contributed by atoms with Gasteiger partial charge in [-0.25, -0.2) is 16.8 Å². The quantitative estimate of drug-likeness (QED) is 0.344. The van der Waals surface area contributed by atoms with Crippen molar-refractivity contribution in [1.29, 1.82) is 0 Å². The third-order valence-corrected chi connectivity index (χ3v) is 5.15. The molecule has 0 saturated carbocycles. The maximum atomic E-state index is 11.0. The third kappa shape index (κ3) is 16.7. The van der Waals surface area contributed by atoms with Crippen LogP contribution in [0.3, 0.4) is 0 Å². The van der Waals surface area contributed by atoms with Crippen LogP contribution in [0, 0.1) is 0 Å². The second-order valence-corrected chi connectivity index (χ2v) is 8.41. The highest BCUT2D eigenvalue weighted by Crippen LogP contribution is 1.96. The number of aliphatic carboxylic acids is 2. The minimum atomic E-state index is -4.02. The fourth-order valence-electron chi connectivity index (χ4n) is 0.775. The molecule has 0 aromatic heterocycles. The summed E-state index contributed by atoms with van der Waals surface area (Å²) in [6.07, 6.45) is 0.745. The molecule has 0 bridgehead atoms. The van der Waals surface area contributed by atoms with Crippen LogP contribution in [-0.2, 0) is 29.3 Å². The van der Waals surface area contributed by atoms with E-state index >= 15 is 0 Å². The molecule has 0 heterocycles. The number of nitrogens with two attached hydrogens (primary N) is 2. The zero-order chi connectivity index (χ0) is 17.3. The molecule has 10 nitrogen and oxygen atoms in total. The summed E-state index contributed by atoms with van der Waals surface area (Å²) in [4.78, 5) is 20.2. The number of hydrogen-bond acceptors (Lipinski definition) is 8. The summed E-state index contributed by atoms with van der Waals surface area (Å²) in [6, 6.07) is 0. The van der Waals surface area contributed by atoms with Crippen LogP contribution in [0.15, 0.2) is 0 Å². The van der Waals surface area contributed by atoms with Crippen molar-refractivity contribution in [2.24, 2.45) is 11.5 Å². The first-order valence-corrected chi connectivity index (χ1v) is 9.31. The fraction of sp³-hybridized carbons (Fsp3) is 0.778. The van der Waals surface area contributed by atoms with Crippen molar-refractivity contribution >= 4 is 31.6 Å². The van der Waals surface area contributed by atoms with Crippen LogP contribution < -0.4 is 11.5 Å². The minimum Gasteiger partial charge on any atom is -0.480 e. The molecule has 0 aliphatic carbocycles. The van der Waals surface area contributed by atoms with Crippen molar-refractivity contribution in [3.63, 3.8) is 0 Å². The first-order chi connectivity index (χ1) is 9.31. The molecule has 0 aliphatic heterocycles. The van der Waals surface area contributed by atoms with E-state index < -0.39 is 54.6 Å². The van der Waals surface area contributed by atoms with Gasteiger partial charge in [-0.3, -0.25) is 9.59 Å². The number of carboxylic acid groups (broad SMARTS) is 2. The lowest BCUT2D eigenvalue weighted by atomic mass is 10.4. The lowest BCUT2D eigenvalue weighted by molar-refractivity contribution is -0.135. The molecule has 0 atom stereocenters. The zero-order valence-electron chi connectivity index (χ0n) is 11.4. The van der Waals surface area contributed by atoms with Crippen LogP contribution >= 0.6 is 0 Å². The van der Waals surface area contributed by atoms with E-state index in [0.717, 1.165) is 6.42 Å². The van der Waals surface area contributed by atoms with Gasteiger partial charge in [-0.2, -0.15) is 0 Å². The van der Waals surface area contributed by atoms with Gasteiger partial charge in [-0.05, 0) is 6.42 Å². The average Bonchev–Trinajstić information content (AvgIpc) is 2.24. The van der Waals surface area contributed by atoms with Gasteiger partial charge >= 0.3 is 11.9 Å². The maximum Gasteiger partial charge on any atom is 0.318 e. The number of carbonyl (C=O) groups is 2. The van der Waals surface area contributed by atoms with Gasteiger partial charge in [0.15, 0.2) is 19.7 Å². The number of hydrogen-bond donors (Lipinski definition) is 4. The molecule has 126 valence electrons. The summed E-state index contributed by atoms with van der Waals surface area (Å²) in [5.41, 5.74) is 10.1. The Hall–Kier alpha value is -1.24. The second kappa shape index (κ2) is 9.65. The van der Waals surface area contributed by atoms with Crippen molar-refractivity contribution < 1.29 is 36.6 Å². The standard InChI is InChI=1S/C6H10O8S2.C3H10N2/c7-5(8)3-15(11,12)1-2-16(13,14)4-6(9)10;1-2-3(4)5/h1-4H2,(H,7,8)(H,9,10);3H,2,4-5H2,1H3. The van der Waals surface area contributed by atoms with Crippen molar-refractivity contribution in [1.82, 2.24) is 0 Å². The molecule has 0 spiro atoms. The molecule has 0 aromatic rings. The topological polar surface area (TPSA) is 195 Å². The van der Waals surface area contributed by atoms with Crippen molar-refractivity contribution in [2.45, 2.75) is 19.5 Å². The lowest BCUT2D eigenvalue weighted by Gasteiger charge is -2.01. The summed E-state index contributed by atoms with van der Waals surface area (Å²) in [7, 11) is -8.04. The van der Waals surface area contributed by atoms with Gasteiger partial charge < -0.3 is 21.7 Å². The average molecular weight is 348 g/mol. The molecule has 0 aromatic carbocycles. The van der Waals surface area contributed by atoms with E-state index in [2.05, 4.69) is 0 Å². The normalized spacial score (nSPS) is 11.6. The summed E-state index contributed by atoms with van der Waals surface area (Å²) >= 11 is 0. The first kappa shape index (κ1) is 22.0. The van der Waals surface area contributed by atoms with Crippen LogP contribution in [0.5, 0.6) is 0 Å². The first-order valence-electron chi connectivity index (χ1n) is 5.67. The highest BCUT2D eigenvalue weighted by Gasteiger charge is 2.22. The van der Waals surface area contributed by atoms with Crippen LogP contribution in [0.25, 0.3) is 0 Å². The predicted octanol–water partition coefficient (Wildman–Crippen LogP) is -2.37. The molecule has 0 saturated heterocycles. The summed E-state index contributed by atoms with van der Waals surface area (Å²) in [6.45, 7) is 1.95. The molecule has 0 aliphatic rings. The smallest absolute Gasteiger partial charge is 0.318 e. The van der Waals surface area contributed by atoms with Crippen LogP contribution in [-0.4, -0.2) is 68.2 Å². The Bertz CT molecular complexity index is 492. The molecule has 12 heteroatoms.